The predicted molar refractivity (Wildman–Crippen MR) is 192 cm³/mol. The van der Waals surface area contributed by atoms with Crippen molar-refractivity contribution in [3.8, 4) is 11.8 Å². The number of hydrogen-bond donors (Lipinski definition) is 8. The molecule has 22 heteroatoms. The molecule has 0 amide bonds. The van der Waals surface area contributed by atoms with Gasteiger partial charge in [-0.2, -0.15) is 8.75 Å². The van der Waals surface area contributed by atoms with E-state index in [0.29, 0.717) is 51.3 Å². The van der Waals surface area contributed by atoms with Crippen molar-refractivity contribution in [2.24, 2.45) is 0 Å². The van der Waals surface area contributed by atoms with Gasteiger partial charge in [0.15, 0.2) is 12.2 Å². The van der Waals surface area contributed by atoms with Crippen LogP contribution in [0.5, 0.6) is 11.8 Å². The van der Waals surface area contributed by atoms with Gasteiger partial charge in [-0.3, -0.25) is 0 Å². The lowest BCUT2D eigenvalue weighted by Crippen LogP contribution is -2.42. The van der Waals surface area contributed by atoms with E-state index in [1.807, 2.05) is 0 Å². The van der Waals surface area contributed by atoms with Gasteiger partial charge in [0.1, 0.15) is 25.4 Å². The number of nitrogens with zero attached hydrogens (tertiary/aromatic N) is 6. The number of morpholine rings is 2. The number of ether oxygens (including phenoxy) is 4. The number of aliphatic hydroxyl groups excluding tert-OH is 4. The molecule has 298 valence electrons. The molecule has 0 bridgehead atoms. The highest BCUT2D eigenvalue weighted by atomic mass is 32.1. The van der Waals surface area contributed by atoms with Crippen LogP contribution in [0, 0.1) is 0 Å². The summed E-state index contributed by atoms with van der Waals surface area (Å²) in [5, 5.41) is 58.9. The normalized spacial score (nSPS) is 17.4. The van der Waals surface area contributed by atoms with Gasteiger partial charge in [-0.1, -0.05) is 0 Å². The first-order valence-corrected chi connectivity index (χ1v) is 18.1. The molecular weight excluding hydrogens is 729 g/mol. The molecule has 2 aromatic heterocycles. The van der Waals surface area contributed by atoms with Crippen LogP contribution in [0.3, 0.4) is 0 Å². The van der Waals surface area contributed by atoms with Crippen molar-refractivity contribution >= 4 is 47.0 Å². The molecule has 2 aliphatic rings. The Kier molecular flexibility index (Phi) is 19.3. The fourth-order valence-corrected chi connectivity index (χ4v) is 5.10. The van der Waals surface area contributed by atoms with E-state index in [2.05, 4.69) is 79.5 Å². The maximum Gasteiger partial charge on any atom is 0.335 e. The molecule has 0 aromatic carbocycles. The Labute approximate surface area is 311 Å². The molecule has 2 aliphatic heterocycles. The van der Waals surface area contributed by atoms with Crippen molar-refractivity contribution in [1.29, 1.82) is 0 Å². The van der Waals surface area contributed by atoms with Gasteiger partial charge in [0.05, 0.1) is 49.9 Å². The van der Waals surface area contributed by atoms with Crippen LogP contribution in [0.4, 0.5) is 11.6 Å². The summed E-state index contributed by atoms with van der Waals surface area (Å²) in [4.78, 5) is 23.7. The molecule has 0 saturated carbocycles. The van der Waals surface area contributed by atoms with E-state index >= 15 is 0 Å². The standard InChI is InChI=1S/2C13H24N4O3S.C4H6O6/c2*1-13(2,3)14-8-10(18)9-20-12-11(15-21-16-12)17-4-6-19-7-5-17;5-1(3(7)8)2(6)4(9)10/h2*10,14,18H,4-9H2,1-3H3;1-2,5-6H,(H,7,8)(H,9,10)/t;;1-,2-/m..1/s1. The SMILES string of the molecule is CC(C)(C)NCC(O)COc1nsnc1N1CCOCC1.CC(C)(C)NCC(O)COc1nsnc1N1CCOCC1.O=C(O)[C@H](O)[C@@H](O)C(=O)O. The van der Waals surface area contributed by atoms with E-state index in [0.717, 1.165) is 61.3 Å². The van der Waals surface area contributed by atoms with Gasteiger partial charge in [-0.05, 0) is 41.5 Å². The summed E-state index contributed by atoms with van der Waals surface area (Å²) in [7, 11) is 0. The van der Waals surface area contributed by atoms with Gasteiger partial charge in [0, 0.05) is 50.3 Å². The third kappa shape index (κ3) is 17.6. The zero-order valence-electron chi connectivity index (χ0n) is 30.4. The Morgan fingerprint density at radius 2 is 1.00 bits per heavy atom. The minimum atomic E-state index is -2.27. The van der Waals surface area contributed by atoms with Crippen LogP contribution in [0.2, 0.25) is 0 Å². The van der Waals surface area contributed by atoms with E-state index in [1.165, 1.54) is 0 Å². The van der Waals surface area contributed by atoms with Crippen molar-refractivity contribution in [3.05, 3.63) is 0 Å². The lowest BCUT2D eigenvalue weighted by molar-refractivity contribution is -0.165. The third-order valence-corrected chi connectivity index (χ3v) is 7.88. The summed E-state index contributed by atoms with van der Waals surface area (Å²) < 4.78 is 38.8. The first-order chi connectivity index (χ1) is 24.4. The maximum absolute atomic E-state index is 9.95. The minimum Gasteiger partial charge on any atom is -0.479 e. The Morgan fingerprint density at radius 1 is 0.673 bits per heavy atom. The number of rotatable bonds is 15. The Morgan fingerprint density at radius 3 is 1.29 bits per heavy atom. The summed E-state index contributed by atoms with van der Waals surface area (Å²) in [6.45, 7) is 19.6. The molecule has 4 rings (SSSR count). The Balaban J connectivity index is 0.000000289. The number of β-amino-alcohol motifs (C(OH)–C–C–N with tert-alkyl or cyclic N) is 2. The van der Waals surface area contributed by atoms with Crippen molar-refractivity contribution < 1.29 is 59.2 Å². The van der Waals surface area contributed by atoms with Crippen molar-refractivity contribution in [2.45, 2.75) is 77.0 Å². The molecule has 52 heavy (non-hydrogen) atoms. The number of aliphatic carboxylic acids is 2. The minimum absolute atomic E-state index is 0.0257. The number of carboxylic acid groups (broad SMARTS) is 2. The zero-order valence-corrected chi connectivity index (χ0v) is 32.1. The van der Waals surface area contributed by atoms with E-state index in [9.17, 15) is 19.8 Å². The fraction of sp³-hybridized carbons (Fsp3) is 0.800. The topological polar surface area (TPSA) is 275 Å². The number of anilines is 2. The maximum atomic E-state index is 9.95. The molecule has 4 atom stereocenters. The van der Waals surface area contributed by atoms with Crippen molar-refractivity contribution in [1.82, 2.24) is 28.1 Å². The second kappa shape index (κ2) is 22.2. The molecule has 4 heterocycles. The molecule has 2 fully saturated rings. The summed E-state index contributed by atoms with van der Waals surface area (Å²) in [5.41, 5.74) is -0.0513. The predicted octanol–water partition coefficient (Wildman–Crippen LogP) is -1.12. The number of carbonyl (C=O) groups is 2. The smallest absolute Gasteiger partial charge is 0.335 e. The highest BCUT2D eigenvalue weighted by Gasteiger charge is 2.29. The third-order valence-electron chi connectivity index (χ3n) is 6.87. The fourth-order valence-electron chi connectivity index (χ4n) is 4.06. The second-order valence-electron chi connectivity index (χ2n) is 13.7. The van der Waals surface area contributed by atoms with E-state index < -0.39 is 36.4 Å². The Hall–Kier alpha value is -3.06. The van der Waals surface area contributed by atoms with E-state index in [-0.39, 0.29) is 24.3 Å². The van der Waals surface area contributed by atoms with Gasteiger partial charge in [-0.25, -0.2) is 9.59 Å². The lowest BCUT2D eigenvalue weighted by atomic mass is 10.1. The zero-order chi connectivity index (χ0) is 38.9. The molecular formula is C30H54N8O12S2. The molecule has 2 saturated heterocycles. The largest absolute Gasteiger partial charge is 0.479 e. The first kappa shape index (κ1) is 45.1. The average molecular weight is 783 g/mol. The molecule has 2 aromatic rings. The number of aromatic nitrogens is 4. The van der Waals surface area contributed by atoms with Gasteiger partial charge >= 0.3 is 11.9 Å². The Bertz CT molecular complexity index is 1220. The summed E-state index contributed by atoms with van der Waals surface area (Å²) in [6, 6.07) is 0. The quantitative estimate of drug-likeness (QED) is 0.106. The highest BCUT2D eigenvalue weighted by Crippen LogP contribution is 2.27. The monoisotopic (exact) mass is 782 g/mol. The van der Waals surface area contributed by atoms with Crippen molar-refractivity contribution in [3.63, 3.8) is 0 Å². The van der Waals surface area contributed by atoms with Crippen LogP contribution < -0.4 is 29.9 Å². The molecule has 0 radical (unpaired) electrons. The number of carboxylic acids is 2. The number of hydrogen-bond acceptors (Lipinski definition) is 20. The summed E-state index contributed by atoms with van der Waals surface area (Å²) in [6.07, 6.45) is -5.69. The van der Waals surface area contributed by atoms with E-state index in [4.69, 9.17) is 39.4 Å². The molecule has 20 nitrogen and oxygen atoms in total. The molecule has 0 aliphatic carbocycles. The van der Waals surface area contributed by atoms with Crippen LogP contribution in [0.1, 0.15) is 41.5 Å². The number of aliphatic hydroxyl groups is 4. The van der Waals surface area contributed by atoms with E-state index in [1.54, 1.807) is 0 Å². The van der Waals surface area contributed by atoms with Crippen LogP contribution in [0.25, 0.3) is 0 Å². The molecule has 2 unspecified atom stereocenters. The first-order valence-electron chi connectivity index (χ1n) is 16.6. The highest BCUT2D eigenvalue weighted by molar-refractivity contribution is 6.99. The van der Waals surface area contributed by atoms with Crippen LogP contribution >= 0.6 is 23.5 Å². The van der Waals surface area contributed by atoms with Crippen molar-refractivity contribution in [2.75, 3.05) is 88.7 Å². The van der Waals surface area contributed by atoms with Gasteiger partial charge in [0.2, 0.25) is 11.6 Å². The summed E-state index contributed by atoms with van der Waals surface area (Å²) in [5.74, 6) is -1.04. The molecule has 8 N–H and O–H groups in total. The summed E-state index contributed by atoms with van der Waals surface area (Å²) >= 11 is 2.25. The molecule has 0 spiro atoms. The lowest BCUT2D eigenvalue weighted by Gasteiger charge is -2.27. The number of nitrogens with one attached hydrogen (secondary N) is 2. The van der Waals surface area contributed by atoms with Gasteiger partial charge in [0.25, 0.3) is 11.8 Å². The van der Waals surface area contributed by atoms with Crippen LogP contribution in [-0.2, 0) is 19.1 Å². The van der Waals surface area contributed by atoms with Gasteiger partial charge in [-0.15, -0.1) is 8.75 Å². The van der Waals surface area contributed by atoms with Gasteiger partial charge < -0.3 is 70.0 Å². The average Bonchev–Trinajstić information content (AvgIpc) is 3.78. The van der Waals surface area contributed by atoms with Crippen LogP contribution in [0.15, 0.2) is 0 Å². The van der Waals surface area contributed by atoms with Crippen LogP contribution in [-0.4, -0.2) is 174 Å². The second-order valence-corrected chi connectivity index (χ2v) is 14.8.